The average Bonchev–Trinajstić information content (AvgIpc) is 2.14. The SMILES string of the molecule is O=Cc1cc#cs1. The van der Waals surface area contributed by atoms with Gasteiger partial charge < -0.3 is 0 Å². The van der Waals surface area contributed by atoms with Gasteiger partial charge in [-0.1, -0.05) is 17.4 Å². The van der Waals surface area contributed by atoms with Crippen molar-refractivity contribution in [3.05, 3.63) is 22.4 Å². The van der Waals surface area contributed by atoms with Crippen LogP contribution in [0.2, 0.25) is 0 Å². The molecule has 0 bridgehead atoms. The zero-order valence-corrected chi connectivity index (χ0v) is 4.29. The molecule has 7 heavy (non-hydrogen) atoms. The van der Waals surface area contributed by atoms with Crippen molar-refractivity contribution in [2.24, 2.45) is 0 Å². The number of hydrogen-bond acceptors (Lipinski definition) is 2. The minimum Gasteiger partial charge on any atom is -0.297 e. The van der Waals surface area contributed by atoms with Crippen LogP contribution in [0, 0.1) is 11.4 Å². The highest BCUT2D eigenvalue weighted by Gasteiger charge is 1.81. The molecule has 0 saturated heterocycles. The summed E-state index contributed by atoms with van der Waals surface area (Å²) in [6, 6.07) is 4.25. The van der Waals surface area contributed by atoms with Gasteiger partial charge in [0.2, 0.25) is 0 Å². The quantitative estimate of drug-likeness (QED) is 0.496. The molecule has 1 rings (SSSR count). The highest BCUT2D eigenvalue weighted by Crippen LogP contribution is 1.96. The van der Waals surface area contributed by atoms with Gasteiger partial charge in [-0.25, -0.2) is 0 Å². The van der Waals surface area contributed by atoms with Crippen LogP contribution in [0.25, 0.3) is 0 Å². The summed E-state index contributed by atoms with van der Waals surface area (Å²) in [4.78, 5) is 10.5. The lowest BCUT2D eigenvalue weighted by molar-refractivity contribution is 0.112. The fraction of sp³-hybridized carbons (Fsp3) is 0. The summed E-state index contributed by atoms with van der Waals surface area (Å²) in [6.45, 7) is 0. The first-order valence-electron chi connectivity index (χ1n) is 1.76. The van der Waals surface area contributed by atoms with E-state index in [2.05, 4.69) is 11.4 Å². The van der Waals surface area contributed by atoms with Gasteiger partial charge in [-0.3, -0.25) is 4.79 Å². The smallest absolute Gasteiger partial charge is 0.161 e. The Labute approximate surface area is 45.6 Å². The first kappa shape index (κ1) is 4.35. The van der Waals surface area contributed by atoms with Crippen LogP contribution in [0.15, 0.2) is 6.07 Å². The molecule has 0 radical (unpaired) electrons. The molecule has 0 N–H and O–H groups in total. The summed E-state index contributed by atoms with van der Waals surface area (Å²) in [5.74, 6) is 0. The molecule has 0 amide bonds. The summed E-state index contributed by atoms with van der Waals surface area (Å²) in [5, 5.41) is 2.67. The van der Waals surface area contributed by atoms with Crippen molar-refractivity contribution < 1.29 is 4.79 Å². The topological polar surface area (TPSA) is 17.1 Å². The van der Waals surface area contributed by atoms with E-state index >= 15 is 0 Å². The molecule has 2 heteroatoms. The Kier molecular flexibility index (Phi) is 1.10. The Morgan fingerprint density at radius 2 is 2.71 bits per heavy atom. The molecule has 1 heterocycles. The monoisotopic (exact) mass is 110 g/mol. The summed E-state index contributed by atoms with van der Waals surface area (Å²) in [5.41, 5.74) is 0. The summed E-state index contributed by atoms with van der Waals surface area (Å²) in [7, 11) is 0. The maximum Gasteiger partial charge on any atom is 0.161 e. The lowest BCUT2D eigenvalue weighted by atomic mass is 10.5. The van der Waals surface area contributed by atoms with Crippen molar-refractivity contribution in [1.82, 2.24) is 0 Å². The van der Waals surface area contributed by atoms with Gasteiger partial charge in [0.1, 0.15) is 0 Å². The van der Waals surface area contributed by atoms with Crippen molar-refractivity contribution in [2.45, 2.75) is 0 Å². The number of carbonyl (C=O) groups is 1. The fourth-order valence-corrected chi connectivity index (χ4v) is 0.678. The molecule has 0 aromatic carbocycles. The predicted octanol–water partition coefficient (Wildman–Crippen LogP) is 1.16. The van der Waals surface area contributed by atoms with E-state index in [0.717, 1.165) is 6.29 Å². The van der Waals surface area contributed by atoms with Crippen LogP contribution in [-0.4, -0.2) is 6.29 Å². The molecule has 0 aliphatic rings. The van der Waals surface area contributed by atoms with Gasteiger partial charge in [0, 0.05) is 6.07 Å². The second-order valence-corrected chi connectivity index (χ2v) is 1.89. The van der Waals surface area contributed by atoms with Crippen LogP contribution in [0.5, 0.6) is 0 Å². The van der Waals surface area contributed by atoms with Gasteiger partial charge in [0.15, 0.2) is 6.29 Å². The summed E-state index contributed by atoms with van der Waals surface area (Å²) >= 11 is 1.27. The third kappa shape index (κ3) is 0.787. The molecule has 34 valence electrons. The van der Waals surface area contributed by atoms with E-state index in [1.165, 1.54) is 11.3 Å². The zero-order valence-electron chi connectivity index (χ0n) is 3.47. The van der Waals surface area contributed by atoms with Gasteiger partial charge in [0.05, 0.1) is 4.88 Å². The molecule has 1 aromatic heterocycles. The van der Waals surface area contributed by atoms with E-state index < -0.39 is 0 Å². The van der Waals surface area contributed by atoms with E-state index in [0.29, 0.717) is 4.88 Å². The maximum absolute atomic E-state index is 9.84. The highest BCUT2D eigenvalue weighted by molar-refractivity contribution is 7.10. The summed E-state index contributed by atoms with van der Waals surface area (Å²) in [6.07, 6.45) is 0.789. The molecule has 0 unspecified atom stereocenters. The molecular formula is C5H2OS. The Morgan fingerprint density at radius 1 is 1.86 bits per heavy atom. The van der Waals surface area contributed by atoms with Crippen LogP contribution in [0.1, 0.15) is 9.67 Å². The molecular weight excluding hydrogens is 108 g/mol. The summed E-state index contributed by atoms with van der Waals surface area (Å²) < 4.78 is 0. The first-order valence-corrected chi connectivity index (χ1v) is 2.58. The van der Waals surface area contributed by atoms with Crippen molar-refractivity contribution in [2.75, 3.05) is 0 Å². The minimum atomic E-state index is 0.681. The van der Waals surface area contributed by atoms with Gasteiger partial charge in [0.25, 0.3) is 0 Å². The average molecular weight is 110 g/mol. The van der Waals surface area contributed by atoms with E-state index in [1.807, 2.05) is 0 Å². The Bertz CT molecular complexity index is 143. The normalized spacial score (nSPS) is 7.43. The largest absolute Gasteiger partial charge is 0.297 e. The van der Waals surface area contributed by atoms with Crippen LogP contribution >= 0.6 is 11.3 Å². The molecule has 1 aromatic rings. The van der Waals surface area contributed by atoms with Gasteiger partial charge in [-0.2, -0.15) is 0 Å². The Hall–Kier alpha value is -0.810. The van der Waals surface area contributed by atoms with Crippen molar-refractivity contribution in [3.63, 3.8) is 0 Å². The van der Waals surface area contributed by atoms with E-state index in [4.69, 9.17) is 0 Å². The third-order valence-electron chi connectivity index (χ3n) is 0.558. The van der Waals surface area contributed by atoms with Crippen LogP contribution < -0.4 is 0 Å². The van der Waals surface area contributed by atoms with Gasteiger partial charge in [-0.05, 0) is 5.38 Å². The van der Waals surface area contributed by atoms with Gasteiger partial charge >= 0.3 is 0 Å². The zero-order chi connectivity index (χ0) is 5.11. The lowest BCUT2D eigenvalue weighted by Crippen LogP contribution is -1.61. The van der Waals surface area contributed by atoms with Crippen molar-refractivity contribution in [3.8, 4) is 0 Å². The number of carbonyl (C=O) groups excluding carboxylic acids is 1. The van der Waals surface area contributed by atoms with E-state index in [1.54, 1.807) is 6.07 Å². The Balaban J connectivity index is 2.96. The molecule has 0 spiro atoms. The third-order valence-corrected chi connectivity index (χ3v) is 1.23. The predicted molar refractivity (Wildman–Crippen MR) is 27.4 cm³/mol. The minimum absolute atomic E-state index is 0.681. The lowest BCUT2D eigenvalue weighted by Gasteiger charge is -1.64. The maximum atomic E-state index is 9.84. The first-order chi connectivity index (χ1) is 3.43. The van der Waals surface area contributed by atoms with Gasteiger partial charge in [-0.15, -0.1) is 0 Å². The van der Waals surface area contributed by atoms with Crippen LogP contribution in [-0.2, 0) is 0 Å². The van der Waals surface area contributed by atoms with Crippen LogP contribution in [0.3, 0.4) is 0 Å². The molecule has 0 atom stereocenters. The second-order valence-electron chi connectivity index (χ2n) is 1.01. The van der Waals surface area contributed by atoms with Crippen molar-refractivity contribution >= 4 is 17.6 Å². The fourth-order valence-electron chi connectivity index (χ4n) is 0.277. The Morgan fingerprint density at radius 3 is 3.00 bits per heavy atom. The molecule has 0 fully saturated rings. The highest BCUT2D eigenvalue weighted by atomic mass is 32.1. The number of rotatable bonds is 1. The second kappa shape index (κ2) is 1.76. The molecule has 1 nitrogen and oxygen atoms in total. The van der Waals surface area contributed by atoms with Crippen LogP contribution in [0.4, 0.5) is 0 Å². The number of hydrogen-bond donors (Lipinski definition) is 0. The number of aldehydes is 1. The van der Waals surface area contributed by atoms with E-state index in [9.17, 15) is 4.79 Å². The molecule has 0 aliphatic carbocycles. The van der Waals surface area contributed by atoms with E-state index in [-0.39, 0.29) is 0 Å². The molecule has 0 aliphatic heterocycles. The molecule has 0 saturated carbocycles. The van der Waals surface area contributed by atoms with Crippen molar-refractivity contribution in [1.29, 1.82) is 0 Å². The standard InChI is InChI=1S/C5H2OS/c6-4-5-2-1-3-7-5/h2,4H.